The van der Waals surface area contributed by atoms with Gasteiger partial charge in [0.05, 0.1) is 6.04 Å². The van der Waals surface area contributed by atoms with Crippen LogP contribution in [0.1, 0.15) is 24.0 Å². The first-order valence-electron chi connectivity index (χ1n) is 12.1. The van der Waals surface area contributed by atoms with Crippen LogP contribution >= 0.6 is 12.6 Å². The average molecular weight is 545 g/mol. The van der Waals surface area contributed by atoms with E-state index in [1.54, 1.807) is 24.3 Å². The monoisotopic (exact) mass is 544 g/mol. The fraction of sp³-hybridized carbons (Fsp3) is 0.385. The Balaban J connectivity index is 1.76. The molecule has 11 nitrogen and oxygen atoms in total. The Hall–Kier alpha value is -3.77. The smallest absolute Gasteiger partial charge is 0.326 e. The molecular formula is C26H32N4O7S. The number of benzene rings is 2. The molecule has 12 heteroatoms. The van der Waals surface area contributed by atoms with Gasteiger partial charge < -0.3 is 36.6 Å². The van der Waals surface area contributed by atoms with Gasteiger partial charge >= 0.3 is 5.97 Å². The maximum Gasteiger partial charge on any atom is 0.326 e. The van der Waals surface area contributed by atoms with E-state index >= 15 is 0 Å². The number of carboxylic acids is 1. The van der Waals surface area contributed by atoms with Gasteiger partial charge in [0, 0.05) is 25.1 Å². The minimum atomic E-state index is -1.24. The van der Waals surface area contributed by atoms with Crippen molar-refractivity contribution in [3.8, 4) is 11.5 Å². The highest BCUT2D eigenvalue weighted by Crippen LogP contribution is 2.21. The van der Waals surface area contributed by atoms with Crippen LogP contribution in [0.3, 0.4) is 0 Å². The second-order valence-electron chi connectivity index (χ2n) is 9.18. The van der Waals surface area contributed by atoms with Gasteiger partial charge in [-0.1, -0.05) is 24.3 Å². The zero-order valence-corrected chi connectivity index (χ0v) is 21.5. The predicted molar refractivity (Wildman–Crippen MR) is 142 cm³/mol. The van der Waals surface area contributed by atoms with Crippen LogP contribution in [-0.2, 0) is 32.0 Å². The lowest BCUT2D eigenvalue weighted by Gasteiger charge is -2.30. The molecule has 2 aromatic carbocycles. The van der Waals surface area contributed by atoms with Crippen molar-refractivity contribution in [1.82, 2.24) is 15.5 Å². The number of carbonyl (C=O) groups is 4. The van der Waals surface area contributed by atoms with Gasteiger partial charge in [-0.25, -0.2) is 4.79 Å². The molecule has 0 spiro atoms. The number of hydrogen-bond donors (Lipinski definition) is 7. The second-order valence-corrected chi connectivity index (χ2v) is 9.55. The molecule has 3 rings (SSSR count). The van der Waals surface area contributed by atoms with Crippen LogP contribution in [0.25, 0.3) is 0 Å². The van der Waals surface area contributed by atoms with E-state index in [1.807, 2.05) is 0 Å². The summed E-state index contributed by atoms with van der Waals surface area (Å²) in [5.74, 6) is -2.76. The number of carbonyl (C=O) groups excluding carboxylic acids is 3. The number of carboxylic acid groups (broad SMARTS) is 1. The minimum Gasteiger partial charge on any atom is -0.508 e. The van der Waals surface area contributed by atoms with E-state index in [0.717, 1.165) is 0 Å². The number of amides is 3. The summed E-state index contributed by atoms with van der Waals surface area (Å²) in [6, 6.07) is 8.00. The van der Waals surface area contributed by atoms with Crippen molar-refractivity contribution in [2.45, 2.75) is 49.9 Å². The van der Waals surface area contributed by atoms with Crippen molar-refractivity contribution in [2.24, 2.45) is 5.73 Å². The molecule has 1 aliphatic rings. The van der Waals surface area contributed by atoms with Gasteiger partial charge in [0.25, 0.3) is 0 Å². The number of phenols is 2. The second kappa shape index (κ2) is 13.2. The maximum atomic E-state index is 13.6. The van der Waals surface area contributed by atoms with Gasteiger partial charge in [0.1, 0.15) is 29.6 Å². The molecule has 38 heavy (non-hydrogen) atoms. The molecule has 1 fully saturated rings. The third-order valence-corrected chi connectivity index (χ3v) is 6.75. The van der Waals surface area contributed by atoms with Crippen molar-refractivity contribution >= 4 is 36.3 Å². The molecule has 2 aromatic rings. The summed E-state index contributed by atoms with van der Waals surface area (Å²) in [5, 5.41) is 33.9. The molecule has 1 heterocycles. The third kappa shape index (κ3) is 7.62. The van der Waals surface area contributed by atoms with Crippen molar-refractivity contribution in [3.05, 3.63) is 59.7 Å². The molecule has 3 amide bonds. The van der Waals surface area contributed by atoms with Gasteiger partial charge in [0.15, 0.2) is 0 Å². The minimum absolute atomic E-state index is 0.0107. The van der Waals surface area contributed by atoms with E-state index in [2.05, 4.69) is 23.3 Å². The molecule has 0 aliphatic carbocycles. The largest absolute Gasteiger partial charge is 0.508 e. The summed E-state index contributed by atoms with van der Waals surface area (Å²) in [7, 11) is 0. The lowest BCUT2D eigenvalue weighted by atomic mass is 10.0. The molecule has 0 saturated carbocycles. The van der Waals surface area contributed by atoms with E-state index in [-0.39, 0.29) is 36.6 Å². The maximum absolute atomic E-state index is 13.6. The van der Waals surface area contributed by atoms with Crippen molar-refractivity contribution < 1.29 is 34.5 Å². The lowest BCUT2D eigenvalue weighted by molar-refractivity contribution is -0.144. The van der Waals surface area contributed by atoms with Crippen molar-refractivity contribution in [1.29, 1.82) is 0 Å². The number of nitrogens with zero attached hydrogens (tertiary/aromatic N) is 1. The third-order valence-electron chi connectivity index (χ3n) is 6.35. The molecule has 7 N–H and O–H groups in total. The summed E-state index contributed by atoms with van der Waals surface area (Å²) >= 11 is 4.03. The summed E-state index contributed by atoms with van der Waals surface area (Å²) in [5.41, 5.74) is 7.05. The normalized spacial score (nSPS) is 17.3. The Morgan fingerprint density at radius 3 is 1.95 bits per heavy atom. The number of likely N-dealkylation sites (tertiary alicyclic amines) is 1. The molecule has 0 bridgehead atoms. The topological polar surface area (TPSA) is 182 Å². The molecule has 4 atom stereocenters. The van der Waals surface area contributed by atoms with Crippen LogP contribution in [0, 0.1) is 0 Å². The highest BCUT2D eigenvalue weighted by Gasteiger charge is 2.39. The first-order valence-corrected chi connectivity index (χ1v) is 12.8. The first-order chi connectivity index (χ1) is 18.1. The Morgan fingerprint density at radius 1 is 0.921 bits per heavy atom. The number of nitrogens with one attached hydrogen (secondary N) is 2. The number of aromatic hydroxyl groups is 2. The predicted octanol–water partition coefficient (Wildman–Crippen LogP) is 0.185. The van der Waals surface area contributed by atoms with E-state index in [4.69, 9.17) is 5.73 Å². The van der Waals surface area contributed by atoms with E-state index in [1.165, 1.54) is 29.2 Å². The van der Waals surface area contributed by atoms with Crippen LogP contribution in [0.15, 0.2) is 48.5 Å². The quantitative estimate of drug-likeness (QED) is 0.196. The Bertz CT molecular complexity index is 1140. The lowest BCUT2D eigenvalue weighted by Crippen LogP contribution is -2.57. The average Bonchev–Trinajstić information content (AvgIpc) is 3.39. The SMILES string of the molecule is NC(CS)C(=O)NC(Cc1ccc(O)cc1)C(=O)N1CCCC1C(=O)NC(Cc1ccc(O)cc1)C(=O)O. The summed E-state index contributed by atoms with van der Waals surface area (Å²) < 4.78 is 0. The highest BCUT2D eigenvalue weighted by molar-refractivity contribution is 7.80. The zero-order valence-electron chi connectivity index (χ0n) is 20.6. The molecule has 4 unspecified atom stereocenters. The van der Waals surface area contributed by atoms with Gasteiger partial charge in [-0.2, -0.15) is 12.6 Å². The fourth-order valence-electron chi connectivity index (χ4n) is 4.27. The van der Waals surface area contributed by atoms with Crippen LogP contribution < -0.4 is 16.4 Å². The standard InChI is InChI=1S/C26H32N4O7S/c27-19(14-38)23(33)28-20(12-15-3-7-17(31)8-4-15)25(35)30-11-1-2-22(30)24(34)29-21(26(36)37)13-16-5-9-18(32)10-6-16/h3-10,19-22,31-32,38H,1-2,11-14,27H2,(H,28,33)(H,29,34)(H,36,37). The van der Waals surface area contributed by atoms with Crippen LogP contribution in [0.2, 0.25) is 0 Å². The molecule has 1 aliphatic heterocycles. The number of aliphatic carboxylic acids is 1. The molecular weight excluding hydrogens is 512 g/mol. The van der Waals surface area contributed by atoms with E-state index < -0.39 is 47.9 Å². The summed E-state index contributed by atoms with van der Waals surface area (Å²) in [4.78, 5) is 52.5. The Kier molecular flexibility index (Phi) is 9.97. The van der Waals surface area contributed by atoms with Crippen molar-refractivity contribution in [3.63, 3.8) is 0 Å². The Labute approximate surface area is 225 Å². The van der Waals surface area contributed by atoms with Gasteiger partial charge in [-0.15, -0.1) is 0 Å². The zero-order chi connectivity index (χ0) is 27.8. The highest BCUT2D eigenvalue weighted by atomic mass is 32.1. The van der Waals surface area contributed by atoms with E-state index in [0.29, 0.717) is 24.0 Å². The van der Waals surface area contributed by atoms with Gasteiger partial charge in [-0.05, 0) is 48.2 Å². The molecule has 1 saturated heterocycles. The van der Waals surface area contributed by atoms with Crippen LogP contribution in [0.5, 0.6) is 11.5 Å². The number of nitrogens with two attached hydrogens (primary N) is 1. The van der Waals surface area contributed by atoms with Crippen LogP contribution in [0.4, 0.5) is 0 Å². The number of rotatable bonds is 11. The Morgan fingerprint density at radius 2 is 1.45 bits per heavy atom. The molecule has 204 valence electrons. The summed E-state index contributed by atoms with van der Waals surface area (Å²) in [6.45, 7) is 0.257. The molecule has 0 radical (unpaired) electrons. The number of thiol groups is 1. The van der Waals surface area contributed by atoms with Crippen molar-refractivity contribution in [2.75, 3.05) is 12.3 Å². The first kappa shape index (κ1) is 28.8. The number of hydrogen-bond acceptors (Lipinski definition) is 8. The van der Waals surface area contributed by atoms with Crippen LogP contribution in [-0.4, -0.2) is 80.4 Å². The fourth-order valence-corrected chi connectivity index (χ4v) is 4.43. The van der Waals surface area contributed by atoms with E-state index in [9.17, 15) is 34.5 Å². The molecule has 0 aromatic heterocycles. The van der Waals surface area contributed by atoms with Gasteiger partial charge in [-0.3, -0.25) is 14.4 Å². The van der Waals surface area contributed by atoms with Gasteiger partial charge in [0.2, 0.25) is 17.7 Å². The number of phenolic OH excluding ortho intramolecular Hbond substituents is 2. The summed E-state index contributed by atoms with van der Waals surface area (Å²) in [6.07, 6.45) is 0.936.